The minimum Gasteiger partial charge on any atom is -0.388 e. The molecule has 0 atom stereocenters. The molecule has 27 heavy (non-hydrogen) atoms. The third-order valence-electron chi connectivity index (χ3n) is 4.62. The van der Waals surface area contributed by atoms with E-state index in [1.807, 2.05) is 25.2 Å². The van der Waals surface area contributed by atoms with E-state index in [1.54, 1.807) is 12.4 Å². The highest BCUT2D eigenvalue weighted by atomic mass is 16.5. The molecule has 8 nitrogen and oxygen atoms in total. The molecule has 1 aliphatic rings. The van der Waals surface area contributed by atoms with Gasteiger partial charge in [-0.05, 0) is 23.8 Å². The van der Waals surface area contributed by atoms with Crippen LogP contribution in [0.1, 0.15) is 5.56 Å². The van der Waals surface area contributed by atoms with E-state index in [1.165, 1.54) is 6.21 Å². The van der Waals surface area contributed by atoms with E-state index in [0.29, 0.717) is 13.2 Å². The van der Waals surface area contributed by atoms with Crippen LogP contribution in [0.4, 0.5) is 5.82 Å². The summed E-state index contributed by atoms with van der Waals surface area (Å²) in [4.78, 5) is 11.0. The maximum Gasteiger partial charge on any atom is 0.132 e. The molecule has 0 bridgehead atoms. The van der Waals surface area contributed by atoms with Crippen LogP contribution < -0.4 is 10.2 Å². The summed E-state index contributed by atoms with van der Waals surface area (Å²) in [5.41, 5.74) is 4.35. The molecule has 1 aliphatic heterocycles. The van der Waals surface area contributed by atoms with Gasteiger partial charge in [-0.25, -0.2) is 9.97 Å². The van der Waals surface area contributed by atoms with Crippen LogP contribution in [-0.2, 0) is 4.74 Å². The lowest BCUT2D eigenvalue weighted by molar-refractivity contribution is 0.122. The minimum absolute atomic E-state index is 0.709. The molecular formula is C19H21N7O. The number of aromatic nitrogens is 4. The summed E-state index contributed by atoms with van der Waals surface area (Å²) in [5.74, 6) is 0.884. The van der Waals surface area contributed by atoms with Crippen LogP contribution in [0.5, 0.6) is 0 Å². The van der Waals surface area contributed by atoms with E-state index in [9.17, 15) is 0 Å². The van der Waals surface area contributed by atoms with Crippen molar-refractivity contribution < 1.29 is 4.74 Å². The van der Waals surface area contributed by atoms with Gasteiger partial charge in [-0.3, -0.25) is 5.10 Å². The summed E-state index contributed by atoms with van der Waals surface area (Å²) in [6.07, 6.45) is 4.58. The van der Waals surface area contributed by atoms with Crippen LogP contribution in [0, 0.1) is 5.41 Å². The smallest absolute Gasteiger partial charge is 0.132 e. The van der Waals surface area contributed by atoms with Crippen molar-refractivity contribution >= 4 is 28.6 Å². The Morgan fingerprint density at radius 2 is 2.11 bits per heavy atom. The summed E-state index contributed by atoms with van der Waals surface area (Å²) < 4.78 is 5.42. The lowest BCUT2D eigenvalue weighted by Gasteiger charge is -2.27. The molecule has 1 aromatic carbocycles. The van der Waals surface area contributed by atoms with Gasteiger partial charge < -0.3 is 20.4 Å². The van der Waals surface area contributed by atoms with Gasteiger partial charge in [0.15, 0.2) is 0 Å². The number of hydrogen-bond donors (Lipinski definition) is 3. The second-order valence-electron chi connectivity index (χ2n) is 6.19. The fourth-order valence-corrected chi connectivity index (χ4v) is 3.23. The number of rotatable bonds is 5. The summed E-state index contributed by atoms with van der Waals surface area (Å²) >= 11 is 0. The molecule has 8 heteroatoms. The van der Waals surface area contributed by atoms with Crippen molar-refractivity contribution in [1.29, 1.82) is 5.41 Å². The van der Waals surface area contributed by atoms with Gasteiger partial charge in [0.25, 0.3) is 0 Å². The molecule has 1 saturated heterocycles. The zero-order valence-electron chi connectivity index (χ0n) is 15.1. The van der Waals surface area contributed by atoms with Crippen LogP contribution in [0.15, 0.2) is 36.7 Å². The normalized spacial score (nSPS) is 15.1. The summed E-state index contributed by atoms with van der Waals surface area (Å²) in [7, 11) is 1.84. The van der Waals surface area contributed by atoms with Gasteiger partial charge in [-0.2, -0.15) is 5.10 Å². The van der Waals surface area contributed by atoms with E-state index in [2.05, 4.69) is 36.4 Å². The first kappa shape index (κ1) is 17.2. The number of aromatic amines is 1. The zero-order valence-corrected chi connectivity index (χ0v) is 15.1. The molecule has 1 fully saturated rings. The Morgan fingerprint density at radius 3 is 2.89 bits per heavy atom. The Labute approximate surface area is 156 Å². The number of benzene rings is 1. The second-order valence-corrected chi connectivity index (χ2v) is 6.19. The van der Waals surface area contributed by atoms with Gasteiger partial charge in [-0.15, -0.1) is 0 Å². The number of nitrogens with zero attached hydrogens (tertiary/aromatic N) is 4. The van der Waals surface area contributed by atoms with Crippen molar-refractivity contribution in [2.45, 2.75) is 0 Å². The molecule has 3 heterocycles. The number of H-pyrrole nitrogens is 1. The summed E-state index contributed by atoms with van der Waals surface area (Å²) in [5, 5.41) is 19.0. The van der Waals surface area contributed by atoms with Crippen molar-refractivity contribution in [1.82, 2.24) is 25.5 Å². The molecule has 2 aromatic heterocycles. The Balaban J connectivity index is 1.75. The maximum atomic E-state index is 7.33. The van der Waals surface area contributed by atoms with Crippen molar-refractivity contribution in [2.75, 3.05) is 38.3 Å². The van der Waals surface area contributed by atoms with Gasteiger partial charge in [-0.1, -0.05) is 6.07 Å². The predicted octanol–water partition coefficient (Wildman–Crippen LogP) is 2.07. The van der Waals surface area contributed by atoms with E-state index in [0.717, 1.165) is 52.5 Å². The summed E-state index contributed by atoms with van der Waals surface area (Å²) in [6, 6.07) is 8.01. The number of hydrogen-bond acceptors (Lipinski definition) is 7. The third kappa shape index (κ3) is 3.39. The lowest BCUT2D eigenvalue weighted by Crippen LogP contribution is -2.36. The maximum absolute atomic E-state index is 7.33. The molecule has 4 rings (SSSR count). The van der Waals surface area contributed by atoms with Crippen LogP contribution >= 0.6 is 0 Å². The van der Waals surface area contributed by atoms with E-state index in [4.69, 9.17) is 10.1 Å². The average Bonchev–Trinajstić information content (AvgIpc) is 3.16. The zero-order chi connectivity index (χ0) is 18.6. The summed E-state index contributed by atoms with van der Waals surface area (Å²) in [6.45, 7) is 3.06. The Hall–Kier alpha value is -3.26. The minimum atomic E-state index is 0.709. The third-order valence-corrected chi connectivity index (χ3v) is 4.62. The number of anilines is 1. The van der Waals surface area contributed by atoms with E-state index in [-0.39, 0.29) is 0 Å². The topological polar surface area (TPSA) is 103 Å². The van der Waals surface area contributed by atoms with Crippen molar-refractivity contribution in [3.05, 3.63) is 42.2 Å². The highest BCUT2D eigenvalue weighted by Gasteiger charge is 2.16. The largest absolute Gasteiger partial charge is 0.388 e. The quantitative estimate of drug-likeness (QED) is 0.600. The highest BCUT2D eigenvalue weighted by Crippen LogP contribution is 2.28. The highest BCUT2D eigenvalue weighted by molar-refractivity contribution is 5.95. The van der Waals surface area contributed by atoms with Gasteiger partial charge >= 0.3 is 0 Å². The van der Waals surface area contributed by atoms with Crippen LogP contribution in [0.3, 0.4) is 0 Å². The molecular weight excluding hydrogens is 342 g/mol. The standard InChI is InChI=1S/C19H21N7O/c1-21-15(4-5-20)13-2-3-16-14(10-13)19(25-24-16)17-11-18(23-12-22-17)26-6-8-27-9-7-26/h2-5,10-12,20-21H,6-9H2,1H3,(H,24,25)/b15-4-,20-5?. The van der Waals surface area contributed by atoms with Crippen molar-refractivity contribution in [3.8, 4) is 11.4 Å². The second kappa shape index (κ2) is 7.55. The number of allylic oxidation sites excluding steroid dienone is 1. The first-order chi connectivity index (χ1) is 13.3. The molecule has 3 N–H and O–H groups in total. The fourth-order valence-electron chi connectivity index (χ4n) is 3.23. The fraction of sp³-hybridized carbons (Fsp3) is 0.263. The molecule has 0 amide bonds. The van der Waals surface area contributed by atoms with Gasteiger partial charge in [0.05, 0.1) is 24.4 Å². The molecule has 138 valence electrons. The SMILES string of the molecule is CN/C(=C\C=N)c1ccc2[nH]nc(-c3cc(N4CCOCC4)ncn3)c2c1. The van der Waals surface area contributed by atoms with Gasteiger partial charge in [0, 0.05) is 43.5 Å². The van der Waals surface area contributed by atoms with Crippen LogP contribution in [0.2, 0.25) is 0 Å². The monoisotopic (exact) mass is 363 g/mol. The van der Waals surface area contributed by atoms with Gasteiger partial charge in [0.1, 0.15) is 17.8 Å². The average molecular weight is 363 g/mol. The van der Waals surface area contributed by atoms with E-state index >= 15 is 0 Å². The van der Waals surface area contributed by atoms with Crippen molar-refractivity contribution in [3.63, 3.8) is 0 Å². The molecule has 3 aromatic rings. The lowest BCUT2D eigenvalue weighted by atomic mass is 10.1. The number of nitrogens with one attached hydrogen (secondary N) is 3. The number of fused-ring (bicyclic) bond motifs is 1. The number of morpholine rings is 1. The molecule has 0 spiro atoms. The number of ether oxygens (including phenoxy) is 1. The molecule has 0 aliphatic carbocycles. The first-order valence-electron chi connectivity index (χ1n) is 8.82. The molecule has 0 radical (unpaired) electrons. The van der Waals surface area contributed by atoms with Crippen LogP contribution in [0.25, 0.3) is 28.0 Å². The predicted molar refractivity (Wildman–Crippen MR) is 106 cm³/mol. The molecule has 0 saturated carbocycles. The Bertz CT molecular complexity index is 989. The Morgan fingerprint density at radius 1 is 1.26 bits per heavy atom. The van der Waals surface area contributed by atoms with Gasteiger partial charge in [0.2, 0.25) is 0 Å². The van der Waals surface area contributed by atoms with Crippen LogP contribution in [-0.4, -0.2) is 59.7 Å². The van der Waals surface area contributed by atoms with Crippen molar-refractivity contribution in [2.24, 2.45) is 0 Å². The first-order valence-corrected chi connectivity index (χ1v) is 8.82. The molecule has 0 unspecified atom stereocenters. The Kier molecular flexibility index (Phi) is 4.80. The van der Waals surface area contributed by atoms with E-state index < -0.39 is 0 Å².